The fourth-order valence-corrected chi connectivity index (χ4v) is 4.64. The van der Waals surface area contributed by atoms with Gasteiger partial charge in [0.05, 0.1) is 22.8 Å². The molecule has 0 radical (unpaired) electrons. The third-order valence-electron chi connectivity index (χ3n) is 5.77. The van der Waals surface area contributed by atoms with E-state index in [4.69, 9.17) is 4.74 Å². The van der Waals surface area contributed by atoms with Crippen molar-refractivity contribution in [2.75, 3.05) is 11.2 Å². The SMILES string of the molecule is Cc1nc2ccc(-c3ccc(S(C)(=O)=O)cc3)cn2c1CN1C(=O)[C@@H](C)Oc2cccnc21. The number of sulfone groups is 1. The standard InChI is InChI=1S/C24H22N4O4S/c1-15-20(14-28-23-21(5-4-12-25-23)32-16(2)24(28)29)27-13-18(8-11-22(27)26-15)17-6-9-19(10-7-17)33(3,30)31/h4-13,16H,14H2,1-3H3/t16-/m1/s1. The molecule has 0 aliphatic carbocycles. The number of pyridine rings is 2. The summed E-state index contributed by atoms with van der Waals surface area (Å²) in [6.07, 6.45) is 4.17. The highest BCUT2D eigenvalue weighted by Crippen LogP contribution is 2.33. The molecular formula is C24H22N4O4S. The molecule has 4 heterocycles. The number of nitrogens with zero attached hydrogens (tertiary/aromatic N) is 4. The molecule has 0 saturated carbocycles. The van der Waals surface area contributed by atoms with Crippen molar-refractivity contribution < 1.29 is 17.9 Å². The normalized spacial score (nSPS) is 16.0. The first-order valence-corrected chi connectivity index (χ1v) is 12.3. The minimum absolute atomic E-state index is 0.164. The van der Waals surface area contributed by atoms with Crippen LogP contribution in [0.2, 0.25) is 0 Å². The average molecular weight is 463 g/mol. The quantitative estimate of drug-likeness (QED) is 0.461. The van der Waals surface area contributed by atoms with Crippen LogP contribution in [0.1, 0.15) is 18.3 Å². The van der Waals surface area contributed by atoms with E-state index in [0.29, 0.717) is 18.1 Å². The minimum Gasteiger partial charge on any atom is -0.477 e. The molecule has 1 aromatic carbocycles. The first-order valence-electron chi connectivity index (χ1n) is 10.4. The third kappa shape index (κ3) is 3.74. The smallest absolute Gasteiger partial charge is 0.269 e. The lowest BCUT2D eigenvalue weighted by molar-refractivity contribution is -0.125. The Balaban J connectivity index is 1.56. The first-order chi connectivity index (χ1) is 15.7. The summed E-state index contributed by atoms with van der Waals surface area (Å²) in [5.74, 6) is 0.897. The number of anilines is 1. The molecule has 168 valence electrons. The molecule has 0 N–H and O–H groups in total. The molecule has 3 aromatic heterocycles. The van der Waals surface area contributed by atoms with E-state index in [1.165, 1.54) is 6.26 Å². The number of hydrogen-bond donors (Lipinski definition) is 0. The summed E-state index contributed by atoms with van der Waals surface area (Å²) in [5.41, 5.74) is 4.21. The van der Waals surface area contributed by atoms with Gasteiger partial charge in [-0.2, -0.15) is 0 Å². The van der Waals surface area contributed by atoms with Crippen LogP contribution in [0.3, 0.4) is 0 Å². The van der Waals surface area contributed by atoms with Gasteiger partial charge in [-0.05, 0) is 61.4 Å². The Morgan fingerprint density at radius 3 is 2.52 bits per heavy atom. The zero-order valence-electron chi connectivity index (χ0n) is 18.4. The van der Waals surface area contributed by atoms with Crippen molar-refractivity contribution in [3.8, 4) is 16.9 Å². The number of carbonyl (C=O) groups is 1. The maximum atomic E-state index is 12.9. The Morgan fingerprint density at radius 1 is 1.06 bits per heavy atom. The van der Waals surface area contributed by atoms with Crippen molar-refractivity contribution in [2.45, 2.75) is 31.4 Å². The van der Waals surface area contributed by atoms with Crippen LogP contribution in [0.5, 0.6) is 5.75 Å². The second-order valence-electron chi connectivity index (χ2n) is 8.10. The second-order valence-corrected chi connectivity index (χ2v) is 10.1. The Morgan fingerprint density at radius 2 is 1.79 bits per heavy atom. The van der Waals surface area contributed by atoms with Crippen molar-refractivity contribution in [3.05, 3.63) is 72.3 Å². The molecule has 0 fully saturated rings. The Bertz CT molecular complexity index is 1490. The van der Waals surface area contributed by atoms with Crippen LogP contribution in [-0.2, 0) is 21.2 Å². The molecule has 5 rings (SSSR count). The summed E-state index contributed by atoms with van der Waals surface area (Å²) < 4.78 is 31.2. The summed E-state index contributed by atoms with van der Waals surface area (Å²) in [6, 6.07) is 14.2. The largest absolute Gasteiger partial charge is 0.477 e. The Kier molecular flexibility index (Phi) is 4.93. The van der Waals surface area contributed by atoms with Gasteiger partial charge in [-0.3, -0.25) is 9.69 Å². The van der Waals surface area contributed by atoms with Crippen molar-refractivity contribution in [2.24, 2.45) is 0 Å². The van der Waals surface area contributed by atoms with Crippen LogP contribution >= 0.6 is 0 Å². The van der Waals surface area contributed by atoms with E-state index in [2.05, 4.69) is 9.97 Å². The molecule has 1 atom stereocenters. The van der Waals surface area contributed by atoms with Gasteiger partial charge < -0.3 is 9.14 Å². The first kappa shape index (κ1) is 21.1. The van der Waals surface area contributed by atoms with E-state index in [0.717, 1.165) is 28.2 Å². The molecule has 0 bridgehead atoms. The number of carbonyl (C=O) groups excluding carboxylic acids is 1. The molecule has 4 aromatic rings. The maximum absolute atomic E-state index is 12.9. The molecule has 9 heteroatoms. The highest BCUT2D eigenvalue weighted by Gasteiger charge is 2.33. The predicted molar refractivity (Wildman–Crippen MR) is 124 cm³/mol. The number of hydrogen-bond acceptors (Lipinski definition) is 6. The maximum Gasteiger partial charge on any atom is 0.269 e. The van der Waals surface area contributed by atoms with Crippen LogP contribution in [0.25, 0.3) is 16.8 Å². The molecule has 33 heavy (non-hydrogen) atoms. The number of imidazole rings is 1. The van der Waals surface area contributed by atoms with E-state index >= 15 is 0 Å². The number of aryl methyl sites for hydroxylation is 1. The van der Waals surface area contributed by atoms with Gasteiger partial charge in [-0.1, -0.05) is 12.1 Å². The molecule has 0 saturated heterocycles. The topological polar surface area (TPSA) is 93.9 Å². The van der Waals surface area contributed by atoms with E-state index < -0.39 is 15.9 Å². The number of ether oxygens (including phenoxy) is 1. The van der Waals surface area contributed by atoms with Crippen molar-refractivity contribution in [3.63, 3.8) is 0 Å². The number of aromatic nitrogens is 3. The monoisotopic (exact) mass is 462 g/mol. The van der Waals surface area contributed by atoms with E-state index in [1.807, 2.05) is 29.7 Å². The lowest BCUT2D eigenvalue weighted by Gasteiger charge is -2.31. The third-order valence-corrected chi connectivity index (χ3v) is 6.89. The molecule has 8 nitrogen and oxygen atoms in total. The summed E-state index contributed by atoms with van der Waals surface area (Å²) >= 11 is 0. The molecule has 0 spiro atoms. The van der Waals surface area contributed by atoms with Gasteiger partial charge in [0.1, 0.15) is 5.65 Å². The Labute approximate surface area is 191 Å². The van der Waals surface area contributed by atoms with Gasteiger partial charge in [-0.15, -0.1) is 0 Å². The zero-order valence-corrected chi connectivity index (χ0v) is 19.2. The van der Waals surface area contributed by atoms with E-state index in [-0.39, 0.29) is 10.8 Å². The van der Waals surface area contributed by atoms with Gasteiger partial charge in [-0.25, -0.2) is 18.4 Å². The summed E-state index contributed by atoms with van der Waals surface area (Å²) in [4.78, 5) is 23.9. The van der Waals surface area contributed by atoms with Gasteiger partial charge in [0.15, 0.2) is 27.5 Å². The van der Waals surface area contributed by atoms with Crippen LogP contribution in [0.15, 0.2) is 65.8 Å². The van der Waals surface area contributed by atoms with Gasteiger partial charge >= 0.3 is 0 Å². The van der Waals surface area contributed by atoms with Crippen molar-refractivity contribution in [1.29, 1.82) is 0 Å². The van der Waals surface area contributed by atoms with Crippen LogP contribution in [-0.4, -0.2) is 41.1 Å². The fraction of sp³-hybridized carbons (Fsp3) is 0.208. The van der Waals surface area contributed by atoms with Crippen LogP contribution in [0, 0.1) is 6.92 Å². The van der Waals surface area contributed by atoms with Crippen LogP contribution in [0.4, 0.5) is 5.82 Å². The zero-order chi connectivity index (χ0) is 23.3. The molecule has 0 unspecified atom stereocenters. The predicted octanol–water partition coefficient (Wildman–Crippen LogP) is 3.42. The van der Waals surface area contributed by atoms with Crippen molar-refractivity contribution >= 4 is 27.2 Å². The summed E-state index contributed by atoms with van der Waals surface area (Å²) in [7, 11) is -3.26. The molecule has 1 aliphatic rings. The van der Waals surface area contributed by atoms with Crippen molar-refractivity contribution in [1.82, 2.24) is 14.4 Å². The van der Waals surface area contributed by atoms with Gasteiger partial charge in [0.2, 0.25) is 0 Å². The lowest BCUT2D eigenvalue weighted by atomic mass is 10.1. The molecule has 1 amide bonds. The average Bonchev–Trinajstić information content (AvgIpc) is 3.10. The second kappa shape index (κ2) is 7.70. The highest BCUT2D eigenvalue weighted by atomic mass is 32.2. The van der Waals surface area contributed by atoms with E-state index in [1.54, 1.807) is 54.4 Å². The lowest BCUT2D eigenvalue weighted by Crippen LogP contribution is -2.44. The van der Waals surface area contributed by atoms with Crippen LogP contribution < -0.4 is 9.64 Å². The summed E-state index contributed by atoms with van der Waals surface area (Å²) in [6.45, 7) is 3.93. The van der Waals surface area contributed by atoms with Gasteiger partial charge in [0, 0.05) is 18.6 Å². The van der Waals surface area contributed by atoms with Gasteiger partial charge in [0.25, 0.3) is 5.91 Å². The number of benzene rings is 1. The molecule has 1 aliphatic heterocycles. The summed E-state index contributed by atoms with van der Waals surface area (Å²) in [5, 5.41) is 0. The fourth-order valence-electron chi connectivity index (χ4n) is 4.01. The highest BCUT2D eigenvalue weighted by molar-refractivity contribution is 7.90. The number of amides is 1. The molecular weight excluding hydrogens is 440 g/mol. The Hall–Kier alpha value is -3.72. The van der Waals surface area contributed by atoms with E-state index in [9.17, 15) is 13.2 Å². The number of fused-ring (bicyclic) bond motifs is 2. The number of rotatable bonds is 4. The minimum atomic E-state index is -3.26.